The lowest BCUT2D eigenvalue weighted by Gasteiger charge is -2.28. The zero-order chi connectivity index (χ0) is 24.3. The summed E-state index contributed by atoms with van der Waals surface area (Å²) in [5.74, 6) is 0.841. The molecule has 1 aliphatic carbocycles. The van der Waals surface area contributed by atoms with E-state index in [0.29, 0.717) is 24.5 Å². The molecule has 2 fully saturated rings. The van der Waals surface area contributed by atoms with E-state index in [1.54, 1.807) is 18.2 Å². The maximum atomic E-state index is 13.1. The molecular formula is C25H33N3O5S. The number of hydrogen-bond acceptors (Lipinski definition) is 6. The van der Waals surface area contributed by atoms with Crippen molar-refractivity contribution in [3.8, 4) is 5.75 Å². The number of ether oxygens (including phenoxy) is 2. The number of nitrogens with one attached hydrogen (secondary N) is 1. The maximum Gasteiger partial charge on any atom is 0.261 e. The third kappa shape index (κ3) is 5.82. The van der Waals surface area contributed by atoms with E-state index >= 15 is 0 Å². The monoisotopic (exact) mass is 487 g/mol. The van der Waals surface area contributed by atoms with Crippen LogP contribution in [-0.2, 0) is 26.1 Å². The number of methoxy groups -OCH3 is 1. The Hall–Kier alpha value is -2.78. The molecule has 4 rings (SSSR count). The standard InChI is InChI=1S/C25H33N3O5S/c1-27(2)24-13-8-20(26-34(30,31)23-11-9-21(32-3)10-12-23)15-19(24)16-28(25(29)18-6-7-18)17-22-5-4-14-33-22/h8-13,15,18,22,26H,4-7,14,16-17H2,1-3H3. The third-order valence-electron chi connectivity index (χ3n) is 6.23. The van der Waals surface area contributed by atoms with Crippen molar-refractivity contribution in [2.24, 2.45) is 5.92 Å². The Morgan fingerprint density at radius 2 is 1.85 bits per heavy atom. The van der Waals surface area contributed by atoms with Crippen LogP contribution in [0.25, 0.3) is 0 Å². The Bertz CT molecular complexity index is 1110. The molecule has 2 aliphatic rings. The van der Waals surface area contributed by atoms with Gasteiger partial charge in [-0.1, -0.05) is 0 Å². The molecule has 1 amide bonds. The van der Waals surface area contributed by atoms with E-state index in [0.717, 1.165) is 43.5 Å². The number of sulfonamides is 1. The highest BCUT2D eigenvalue weighted by atomic mass is 32.2. The number of nitrogens with zero attached hydrogens (tertiary/aromatic N) is 2. The summed E-state index contributed by atoms with van der Waals surface area (Å²) in [4.78, 5) is 17.1. The lowest BCUT2D eigenvalue weighted by Crippen LogP contribution is -2.38. The first-order valence-electron chi connectivity index (χ1n) is 11.6. The quantitative estimate of drug-likeness (QED) is 0.552. The van der Waals surface area contributed by atoms with Crippen LogP contribution in [0.2, 0.25) is 0 Å². The van der Waals surface area contributed by atoms with E-state index in [1.807, 2.05) is 36.0 Å². The van der Waals surface area contributed by atoms with Crippen molar-refractivity contribution < 1.29 is 22.7 Å². The van der Waals surface area contributed by atoms with Gasteiger partial charge in [0.25, 0.3) is 10.0 Å². The predicted molar refractivity (Wildman–Crippen MR) is 132 cm³/mol. The van der Waals surface area contributed by atoms with Crippen LogP contribution in [0, 0.1) is 5.92 Å². The summed E-state index contributed by atoms with van der Waals surface area (Å²) in [5.41, 5.74) is 2.27. The lowest BCUT2D eigenvalue weighted by molar-refractivity contribution is -0.134. The number of benzene rings is 2. The zero-order valence-electron chi connectivity index (χ0n) is 20.0. The summed E-state index contributed by atoms with van der Waals surface area (Å²) in [5, 5.41) is 0. The average Bonchev–Trinajstić information content (AvgIpc) is 3.54. The van der Waals surface area contributed by atoms with Crippen LogP contribution >= 0.6 is 0 Å². The Labute approximate surface area is 201 Å². The molecule has 1 unspecified atom stereocenters. The Morgan fingerprint density at radius 3 is 2.44 bits per heavy atom. The highest BCUT2D eigenvalue weighted by Crippen LogP contribution is 2.33. The molecule has 1 saturated carbocycles. The van der Waals surface area contributed by atoms with Gasteiger partial charge in [-0.15, -0.1) is 0 Å². The zero-order valence-corrected chi connectivity index (χ0v) is 20.8. The summed E-state index contributed by atoms with van der Waals surface area (Å²) in [6, 6.07) is 11.7. The van der Waals surface area contributed by atoms with Crippen LogP contribution in [-0.4, -0.2) is 59.7 Å². The van der Waals surface area contributed by atoms with Gasteiger partial charge in [0.1, 0.15) is 5.75 Å². The minimum atomic E-state index is -3.77. The molecular weight excluding hydrogens is 454 g/mol. The fraction of sp³-hybridized carbons (Fsp3) is 0.480. The summed E-state index contributed by atoms with van der Waals surface area (Å²) in [7, 11) is 1.63. The van der Waals surface area contributed by atoms with Gasteiger partial charge >= 0.3 is 0 Å². The topological polar surface area (TPSA) is 88.2 Å². The molecule has 34 heavy (non-hydrogen) atoms. The van der Waals surface area contributed by atoms with E-state index < -0.39 is 10.0 Å². The van der Waals surface area contributed by atoms with E-state index in [2.05, 4.69) is 4.72 Å². The molecule has 0 aromatic heterocycles. The van der Waals surface area contributed by atoms with Crippen molar-refractivity contribution in [1.82, 2.24) is 4.90 Å². The normalized spacial score (nSPS) is 17.9. The highest BCUT2D eigenvalue weighted by molar-refractivity contribution is 7.92. The molecule has 0 radical (unpaired) electrons. The van der Waals surface area contributed by atoms with Gasteiger partial charge in [0.15, 0.2) is 0 Å². The molecule has 1 heterocycles. The van der Waals surface area contributed by atoms with Crippen molar-refractivity contribution in [3.63, 3.8) is 0 Å². The summed E-state index contributed by atoms with van der Waals surface area (Å²) < 4.78 is 39.5. The second-order valence-corrected chi connectivity index (χ2v) is 10.8. The van der Waals surface area contributed by atoms with Gasteiger partial charge in [0, 0.05) is 51.1 Å². The largest absolute Gasteiger partial charge is 0.497 e. The summed E-state index contributed by atoms with van der Waals surface area (Å²) in [6.45, 7) is 1.70. The number of hydrogen-bond donors (Lipinski definition) is 1. The van der Waals surface area contributed by atoms with Crippen LogP contribution in [0.5, 0.6) is 5.75 Å². The Morgan fingerprint density at radius 1 is 1.12 bits per heavy atom. The predicted octanol–water partition coefficient (Wildman–Crippen LogP) is 3.48. The number of rotatable bonds is 10. The summed E-state index contributed by atoms with van der Waals surface area (Å²) >= 11 is 0. The average molecular weight is 488 g/mol. The van der Waals surface area contributed by atoms with E-state index in [9.17, 15) is 13.2 Å². The van der Waals surface area contributed by atoms with Crippen molar-refractivity contribution in [1.29, 1.82) is 0 Å². The number of anilines is 2. The fourth-order valence-corrected chi connectivity index (χ4v) is 5.29. The second kappa shape index (κ2) is 10.2. The van der Waals surface area contributed by atoms with Crippen LogP contribution in [0.3, 0.4) is 0 Å². The van der Waals surface area contributed by atoms with Crippen LogP contribution in [0.1, 0.15) is 31.2 Å². The van der Waals surface area contributed by atoms with E-state index in [1.165, 1.54) is 19.2 Å². The van der Waals surface area contributed by atoms with Crippen molar-refractivity contribution >= 4 is 27.3 Å². The lowest BCUT2D eigenvalue weighted by atomic mass is 10.1. The molecule has 184 valence electrons. The molecule has 1 saturated heterocycles. The third-order valence-corrected chi connectivity index (χ3v) is 7.63. The van der Waals surface area contributed by atoms with Crippen LogP contribution < -0.4 is 14.4 Å². The molecule has 1 aliphatic heterocycles. The molecule has 9 heteroatoms. The number of carbonyl (C=O) groups excluding carboxylic acids is 1. The van der Waals surface area contributed by atoms with Crippen LogP contribution in [0.15, 0.2) is 47.4 Å². The first kappa shape index (κ1) is 24.3. The molecule has 1 N–H and O–H groups in total. The first-order chi connectivity index (χ1) is 16.3. The second-order valence-electron chi connectivity index (χ2n) is 9.15. The smallest absolute Gasteiger partial charge is 0.261 e. The molecule has 0 bridgehead atoms. The first-order valence-corrected chi connectivity index (χ1v) is 13.1. The molecule has 8 nitrogen and oxygen atoms in total. The SMILES string of the molecule is COc1ccc(S(=O)(=O)Nc2ccc(N(C)C)c(CN(CC3CCCO3)C(=O)C3CC3)c2)cc1. The van der Waals surface area contributed by atoms with Crippen molar-refractivity contribution in [3.05, 3.63) is 48.0 Å². The van der Waals surface area contributed by atoms with Gasteiger partial charge in [0.2, 0.25) is 5.91 Å². The van der Waals surface area contributed by atoms with Crippen LogP contribution in [0.4, 0.5) is 11.4 Å². The minimum absolute atomic E-state index is 0.0577. The number of carbonyl (C=O) groups is 1. The van der Waals surface area contributed by atoms with Gasteiger partial charge in [-0.2, -0.15) is 0 Å². The van der Waals surface area contributed by atoms with Gasteiger partial charge in [-0.3, -0.25) is 9.52 Å². The maximum absolute atomic E-state index is 13.1. The van der Waals surface area contributed by atoms with Gasteiger partial charge in [-0.25, -0.2) is 8.42 Å². The minimum Gasteiger partial charge on any atom is -0.497 e. The summed E-state index contributed by atoms with van der Waals surface area (Å²) in [6.07, 6.45) is 3.90. The van der Waals surface area contributed by atoms with E-state index in [-0.39, 0.29) is 22.8 Å². The molecule has 2 aromatic rings. The highest BCUT2D eigenvalue weighted by Gasteiger charge is 2.35. The molecule has 2 aromatic carbocycles. The molecule has 1 atom stereocenters. The van der Waals surface area contributed by atoms with Gasteiger partial charge in [0.05, 0.1) is 18.1 Å². The number of amides is 1. The van der Waals surface area contributed by atoms with E-state index in [4.69, 9.17) is 9.47 Å². The van der Waals surface area contributed by atoms with Gasteiger partial charge < -0.3 is 19.3 Å². The van der Waals surface area contributed by atoms with Crippen molar-refractivity contribution in [2.75, 3.05) is 44.0 Å². The Balaban J connectivity index is 1.58. The Kier molecular flexibility index (Phi) is 7.33. The fourth-order valence-electron chi connectivity index (χ4n) is 4.24. The van der Waals surface area contributed by atoms with Gasteiger partial charge in [-0.05, 0) is 73.7 Å². The molecule has 0 spiro atoms. The van der Waals surface area contributed by atoms with Crippen molar-refractivity contribution in [2.45, 2.75) is 43.2 Å².